The molecule has 17 heavy (non-hydrogen) atoms. The molecule has 1 amide bonds. The van der Waals surface area contributed by atoms with Gasteiger partial charge in [-0.25, -0.2) is 0 Å². The Kier molecular flexibility index (Phi) is 3.17. The molecule has 1 heterocycles. The van der Waals surface area contributed by atoms with Gasteiger partial charge in [-0.05, 0) is 32.3 Å². The van der Waals surface area contributed by atoms with E-state index >= 15 is 0 Å². The number of hydrogen-bond acceptors (Lipinski definition) is 3. The van der Waals surface area contributed by atoms with E-state index in [4.69, 9.17) is 11.6 Å². The number of ketones is 1. The highest BCUT2D eigenvalue weighted by atomic mass is 35.5. The number of fused-ring (bicyclic) bond motifs is 1. The Labute approximate surface area is 105 Å². The molecule has 1 aliphatic heterocycles. The summed E-state index contributed by atoms with van der Waals surface area (Å²) in [4.78, 5) is 27.0. The largest absolute Gasteiger partial charge is 0.308 e. The monoisotopic (exact) mass is 252 g/mol. The van der Waals surface area contributed by atoms with Crippen molar-refractivity contribution < 1.29 is 9.59 Å². The smallest absolute Gasteiger partial charge is 0.299 e. The number of benzene rings is 1. The zero-order valence-electron chi connectivity index (χ0n) is 9.74. The van der Waals surface area contributed by atoms with Gasteiger partial charge in [0, 0.05) is 18.1 Å². The van der Waals surface area contributed by atoms with Crippen LogP contribution < -0.4 is 4.90 Å². The second kappa shape index (κ2) is 4.47. The number of hydrogen-bond donors (Lipinski definition) is 0. The number of likely N-dealkylation sites (N-methyl/N-ethyl adjacent to an activating group) is 1. The summed E-state index contributed by atoms with van der Waals surface area (Å²) in [6.45, 7) is 1.19. The van der Waals surface area contributed by atoms with Crippen LogP contribution in [0.15, 0.2) is 18.2 Å². The molecule has 0 unspecified atom stereocenters. The molecule has 0 atom stereocenters. The first-order chi connectivity index (χ1) is 8.00. The van der Waals surface area contributed by atoms with Crippen molar-refractivity contribution in [2.75, 3.05) is 32.1 Å². The second-order valence-corrected chi connectivity index (χ2v) is 4.69. The Morgan fingerprint density at radius 1 is 1.29 bits per heavy atom. The van der Waals surface area contributed by atoms with E-state index in [0.717, 1.165) is 0 Å². The molecule has 0 saturated carbocycles. The molecule has 0 aromatic heterocycles. The van der Waals surface area contributed by atoms with Gasteiger partial charge in [-0.2, -0.15) is 0 Å². The van der Waals surface area contributed by atoms with E-state index in [9.17, 15) is 9.59 Å². The van der Waals surface area contributed by atoms with Gasteiger partial charge in [0.05, 0.1) is 11.3 Å². The Hall–Kier alpha value is -1.39. The van der Waals surface area contributed by atoms with E-state index < -0.39 is 11.7 Å². The summed E-state index contributed by atoms with van der Waals surface area (Å²) in [6, 6.07) is 4.89. The molecule has 0 saturated heterocycles. The highest BCUT2D eigenvalue weighted by Gasteiger charge is 2.35. The first kappa shape index (κ1) is 12.1. The van der Waals surface area contributed by atoms with Crippen LogP contribution in [-0.2, 0) is 4.79 Å². The number of rotatable bonds is 3. The molecule has 2 rings (SSSR count). The highest BCUT2D eigenvalue weighted by molar-refractivity contribution is 6.52. The molecule has 0 spiro atoms. The number of nitrogens with zero attached hydrogens (tertiary/aromatic N) is 2. The lowest BCUT2D eigenvalue weighted by Gasteiger charge is -2.19. The van der Waals surface area contributed by atoms with Gasteiger partial charge in [-0.3, -0.25) is 9.59 Å². The number of anilines is 1. The summed E-state index contributed by atoms with van der Waals surface area (Å²) in [5.74, 6) is -0.917. The van der Waals surface area contributed by atoms with Crippen LogP contribution in [-0.4, -0.2) is 43.8 Å². The molecule has 0 fully saturated rings. The standard InChI is InChI=1S/C12H13ClN2O2/c1-14(2)5-6-15-10-7-8(13)3-4-9(10)11(16)12(15)17/h3-4,7H,5-6H2,1-2H3. The fourth-order valence-electron chi connectivity index (χ4n) is 1.79. The van der Waals surface area contributed by atoms with Gasteiger partial charge in [0.15, 0.2) is 0 Å². The molecular weight excluding hydrogens is 240 g/mol. The maximum absolute atomic E-state index is 11.8. The van der Waals surface area contributed by atoms with Crippen LogP contribution in [0.1, 0.15) is 10.4 Å². The molecule has 0 bridgehead atoms. The first-order valence-corrected chi connectivity index (χ1v) is 5.69. The summed E-state index contributed by atoms with van der Waals surface area (Å²) in [5.41, 5.74) is 1.06. The maximum Gasteiger partial charge on any atom is 0.299 e. The molecule has 0 radical (unpaired) electrons. The van der Waals surface area contributed by atoms with Crippen molar-refractivity contribution in [3.63, 3.8) is 0 Å². The number of amides is 1. The Morgan fingerprint density at radius 2 is 2.00 bits per heavy atom. The van der Waals surface area contributed by atoms with Gasteiger partial charge in [-0.15, -0.1) is 0 Å². The SMILES string of the molecule is CN(C)CCN1C(=O)C(=O)c2ccc(Cl)cc21. The fraction of sp³-hybridized carbons (Fsp3) is 0.333. The second-order valence-electron chi connectivity index (χ2n) is 4.25. The van der Waals surface area contributed by atoms with Gasteiger partial charge in [0.1, 0.15) is 0 Å². The topological polar surface area (TPSA) is 40.6 Å². The summed E-state index contributed by atoms with van der Waals surface area (Å²) in [5, 5.41) is 0.529. The lowest BCUT2D eigenvalue weighted by atomic mass is 10.1. The van der Waals surface area contributed by atoms with Gasteiger partial charge in [0.25, 0.3) is 11.7 Å². The minimum atomic E-state index is -0.468. The lowest BCUT2D eigenvalue weighted by Crippen LogP contribution is -2.35. The number of carbonyl (C=O) groups excluding carboxylic acids is 2. The maximum atomic E-state index is 11.8. The average molecular weight is 253 g/mol. The van der Waals surface area contributed by atoms with Gasteiger partial charge < -0.3 is 9.80 Å². The van der Waals surface area contributed by atoms with Crippen molar-refractivity contribution in [1.82, 2.24) is 4.90 Å². The minimum absolute atomic E-state index is 0.443. The van der Waals surface area contributed by atoms with Gasteiger partial charge >= 0.3 is 0 Å². The van der Waals surface area contributed by atoms with Crippen LogP contribution in [0.4, 0.5) is 5.69 Å². The molecule has 0 aliphatic carbocycles. The van der Waals surface area contributed by atoms with Crippen LogP contribution in [0, 0.1) is 0 Å². The number of carbonyl (C=O) groups is 2. The fourth-order valence-corrected chi connectivity index (χ4v) is 1.96. The van der Waals surface area contributed by atoms with Gasteiger partial charge in [-0.1, -0.05) is 11.6 Å². The molecule has 4 nitrogen and oxygen atoms in total. The van der Waals surface area contributed by atoms with Crippen LogP contribution in [0.25, 0.3) is 0 Å². The van der Waals surface area contributed by atoms with Crippen molar-refractivity contribution in [2.45, 2.75) is 0 Å². The summed E-state index contributed by atoms with van der Waals surface area (Å²) in [6.07, 6.45) is 0. The van der Waals surface area contributed by atoms with Crippen molar-refractivity contribution in [2.24, 2.45) is 0 Å². The van der Waals surface area contributed by atoms with Crippen molar-refractivity contribution in [1.29, 1.82) is 0 Å². The van der Waals surface area contributed by atoms with E-state index in [1.807, 2.05) is 19.0 Å². The Morgan fingerprint density at radius 3 is 2.65 bits per heavy atom. The molecular formula is C12H13ClN2O2. The lowest BCUT2D eigenvalue weighted by molar-refractivity contribution is -0.114. The zero-order valence-corrected chi connectivity index (χ0v) is 10.5. The molecule has 1 aliphatic rings. The predicted octanol–water partition coefficient (Wildman–Crippen LogP) is 1.43. The summed E-state index contributed by atoms with van der Waals surface area (Å²) >= 11 is 5.89. The zero-order chi connectivity index (χ0) is 12.6. The van der Waals surface area contributed by atoms with Crippen molar-refractivity contribution >= 4 is 29.0 Å². The molecule has 1 aromatic rings. The predicted molar refractivity (Wildman–Crippen MR) is 66.7 cm³/mol. The normalized spacial score (nSPS) is 14.7. The van der Waals surface area contributed by atoms with Crippen LogP contribution in [0.3, 0.4) is 0 Å². The third-order valence-electron chi connectivity index (χ3n) is 2.71. The van der Waals surface area contributed by atoms with E-state index in [1.54, 1.807) is 18.2 Å². The number of Topliss-reactive ketones (excluding diaryl/α,β-unsaturated/α-hetero) is 1. The molecule has 90 valence electrons. The molecule has 0 N–H and O–H groups in total. The number of halogens is 1. The average Bonchev–Trinajstić information content (AvgIpc) is 2.49. The van der Waals surface area contributed by atoms with Gasteiger partial charge in [0.2, 0.25) is 0 Å². The Balaban J connectivity index is 2.33. The minimum Gasteiger partial charge on any atom is -0.308 e. The highest BCUT2D eigenvalue weighted by Crippen LogP contribution is 2.31. The van der Waals surface area contributed by atoms with E-state index in [0.29, 0.717) is 29.4 Å². The van der Waals surface area contributed by atoms with Crippen LogP contribution >= 0.6 is 11.6 Å². The van der Waals surface area contributed by atoms with Crippen molar-refractivity contribution in [3.05, 3.63) is 28.8 Å². The van der Waals surface area contributed by atoms with Crippen molar-refractivity contribution in [3.8, 4) is 0 Å². The Bertz CT molecular complexity index is 485. The van der Waals surface area contributed by atoms with Crippen LogP contribution in [0.2, 0.25) is 5.02 Å². The molecule has 5 heteroatoms. The van der Waals surface area contributed by atoms with E-state index in [1.165, 1.54) is 4.90 Å². The quantitative estimate of drug-likeness (QED) is 0.765. The molecule has 1 aromatic carbocycles. The summed E-state index contributed by atoms with van der Waals surface area (Å²) in [7, 11) is 3.84. The summed E-state index contributed by atoms with van der Waals surface area (Å²) < 4.78 is 0. The third-order valence-corrected chi connectivity index (χ3v) is 2.94. The first-order valence-electron chi connectivity index (χ1n) is 5.31. The third kappa shape index (κ3) is 2.18. The van der Waals surface area contributed by atoms with E-state index in [-0.39, 0.29) is 0 Å². The van der Waals surface area contributed by atoms with Crippen LogP contribution in [0.5, 0.6) is 0 Å². The van der Waals surface area contributed by atoms with E-state index in [2.05, 4.69) is 0 Å².